The molecule has 2 heterocycles. The highest BCUT2D eigenvalue weighted by Crippen LogP contribution is 2.27. The Labute approximate surface area is 86.1 Å². The standard InChI is InChI=1S/C9H8Cl2N2/c1-5-3-13-4-7(10)6(2)8(11)9(13)12-5/h3-4H,1-2H3. The maximum atomic E-state index is 6.08. The highest BCUT2D eigenvalue weighted by molar-refractivity contribution is 6.37. The van der Waals surface area contributed by atoms with Crippen LogP contribution in [-0.4, -0.2) is 9.38 Å². The molecular formula is C9H8Cl2N2. The van der Waals surface area contributed by atoms with E-state index < -0.39 is 0 Å². The monoisotopic (exact) mass is 214 g/mol. The summed E-state index contributed by atoms with van der Waals surface area (Å²) in [5.41, 5.74) is 2.58. The fourth-order valence-corrected chi connectivity index (χ4v) is 1.76. The largest absolute Gasteiger partial charge is 0.304 e. The van der Waals surface area contributed by atoms with Crippen LogP contribution in [0.4, 0.5) is 0 Å². The molecule has 4 heteroatoms. The summed E-state index contributed by atoms with van der Waals surface area (Å²) in [7, 11) is 0. The van der Waals surface area contributed by atoms with E-state index in [1.165, 1.54) is 0 Å². The fraction of sp³-hybridized carbons (Fsp3) is 0.222. The molecule has 0 aromatic carbocycles. The van der Waals surface area contributed by atoms with Gasteiger partial charge in [-0.05, 0) is 19.4 Å². The molecule has 0 spiro atoms. The smallest absolute Gasteiger partial charge is 0.156 e. The lowest BCUT2D eigenvalue weighted by atomic mass is 10.3. The number of fused-ring (bicyclic) bond motifs is 1. The maximum absolute atomic E-state index is 6.08. The van der Waals surface area contributed by atoms with Crippen LogP contribution in [0.2, 0.25) is 10.0 Å². The average molecular weight is 215 g/mol. The minimum absolute atomic E-state index is 0.626. The van der Waals surface area contributed by atoms with Gasteiger partial charge in [0.15, 0.2) is 5.65 Å². The lowest BCUT2D eigenvalue weighted by Gasteiger charge is -2.02. The Bertz CT molecular complexity index is 474. The van der Waals surface area contributed by atoms with Crippen molar-refractivity contribution in [2.75, 3.05) is 0 Å². The van der Waals surface area contributed by atoms with Crippen LogP contribution < -0.4 is 0 Å². The van der Waals surface area contributed by atoms with Gasteiger partial charge in [0.05, 0.1) is 15.7 Å². The van der Waals surface area contributed by atoms with Crippen molar-refractivity contribution >= 4 is 28.8 Å². The van der Waals surface area contributed by atoms with Gasteiger partial charge in [0, 0.05) is 12.4 Å². The fourth-order valence-electron chi connectivity index (χ4n) is 1.27. The maximum Gasteiger partial charge on any atom is 0.156 e. The molecule has 0 fully saturated rings. The number of aromatic nitrogens is 2. The molecule has 0 radical (unpaired) electrons. The Morgan fingerprint density at radius 2 is 1.92 bits per heavy atom. The highest BCUT2D eigenvalue weighted by atomic mass is 35.5. The molecule has 0 unspecified atom stereocenters. The first-order valence-electron chi connectivity index (χ1n) is 3.89. The van der Waals surface area contributed by atoms with Crippen molar-refractivity contribution in [3.8, 4) is 0 Å². The van der Waals surface area contributed by atoms with Gasteiger partial charge in [0.25, 0.3) is 0 Å². The van der Waals surface area contributed by atoms with E-state index in [0.29, 0.717) is 10.0 Å². The summed E-state index contributed by atoms with van der Waals surface area (Å²) in [5, 5.41) is 1.29. The molecule has 2 aromatic heterocycles. The third-order valence-corrected chi connectivity index (χ3v) is 2.82. The van der Waals surface area contributed by atoms with Crippen molar-refractivity contribution < 1.29 is 0 Å². The Morgan fingerprint density at radius 3 is 2.62 bits per heavy atom. The van der Waals surface area contributed by atoms with Crippen molar-refractivity contribution in [1.82, 2.24) is 9.38 Å². The number of rotatable bonds is 0. The second kappa shape index (κ2) is 2.89. The summed E-state index contributed by atoms with van der Waals surface area (Å²) in [6.07, 6.45) is 3.71. The van der Waals surface area contributed by atoms with E-state index >= 15 is 0 Å². The zero-order valence-electron chi connectivity index (χ0n) is 7.31. The predicted molar refractivity (Wildman–Crippen MR) is 54.7 cm³/mol. The highest BCUT2D eigenvalue weighted by Gasteiger charge is 2.08. The van der Waals surface area contributed by atoms with Gasteiger partial charge in [-0.2, -0.15) is 0 Å². The number of pyridine rings is 1. The topological polar surface area (TPSA) is 17.3 Å². The van der Waals surface area contributed by atoms with Gasteiger partial charge in [-0.15, -0.1) is 0 Å². The van der Waals surface area contributed by atoms with E-state index in [9.17, 15) is 0 Å². The number of nitrogens with zero attached hydrogens (tertiary/aromatic N) is 2. The van der Waals surface area contributed by atoms with E-state index in [1.807, 2.05) is 30.6 Å². The van der Waals surface area contributed by atoms with Gasteiger partial charge in [-0.25, -0.2) is 4.98 Å². The summed E-state index contributed by atoms with van der Waals surface area (Å²) in [5.74, 6) is 0. The number of aryl methyl sites for hydroxylation is 1. The van der Waals surface area contributed by atoms with Crippen LogP contribution in [0.25, 0.3) is 5.65 Å². The van der Waals surface area contributed by atoms with E-state index in [0.717, 1.165) is 16.9 Å². The van der Waals surface area contributed by atoms with Crippen molar-refractivity contribution in [2.24, 2.45) is 0 Å². The van der Waals surface area contributed by atoms with Gasteiger partial charge in [-0.1, -0.05) is 23.2 Å². The molecule has 0 amide bonds. The Balaban J connectivity index is 2.92. The lowest BCUT2D eigenvalue weighted by molar-refractivity contribution is 1.17. The minimum atomic E-state index is 0.626. The predicted octanol–water partition coefficient (Wildman–Crippen LogP) is 3.26. The van der Waals surface area contributed by atoms with Crippen LogP contribution in [0.1, 0.15) is 11.3 Å². The van der Waals surface area contributed by atoms with Crippen molar-refractivity contribution in [1.29, 1.82) is 0 Å². The van der Waals surface area contributed by atoms with E-state index in [2.05, 4.69) is 4.98 Å². The first kappa shape index (κ1) is 8.85. The van der Waals surface area contributed by atoms with Crippen LogP contribution in [0.3, 0.4) is 0 Å². The Kier molecular flexibility index (Phi) is 1.97. The van der Waals surface area contributed by atoms with E-state index in [-0.39, 0.29) is 0 Å². The summed E-state index contributed by atoms with van der Waals surface area (Å²) in [6.45, 7) is 3.81. The van der Waals surface area contributed by atoms with Gasteiger partial charge in [0.1, 0.15) is 0 Å². The molecule has 68 valence electrons. The molecule has 0 atom stereocenters. The first-order chi connectivity index (χ1) is 6.09. The third kappa shape index (κ3) is 1.30. The molecule has 0 saturated heterocycles. The molecule has 2 aromatic rings. The molecule has 0 saturated carbocycles. The van der Waals surface area contributed by atoms with Crippen LogP contribution in [0, 0.1) is 13.8 Å². The quantitative estimate of drug-likeness (QED) is 0.659. The summed E-state index contributed by atoms with van der Waals surface area (Å²) < 4.78 is 1.84. The van der Waals surface area contributed by atoms with Crippen LogP contribution >= 0.6 is 23.2 Å². The first-order valence-corrected chi connectivity index (χ1v) is 4.65. The van der Waals surface area contributed by atoms with Gasteiger partial charge in [-0.3, -0.25) is 0 Å². The normalized spacial score (nSPS) is 11.1. The van der Waals surface area contributed by atoms with Gasteiger partial charge < -0.3 is 4.40 Å². The van der Waals surface area contributed by atoms with E-state index in [1.54, 1.807) is 0 Å². The molecular weight excluding hydrogens is 207 g/mol. The number of hydrogen-bond acceptors (Lipinski definition) is 1. The Morgan fingerprint density at radius 1 is 1.23 bits per heavy atom. The minimum Gasteiger partial charge on any atom is -0.304 e. The van der Waals surface area contributed by atoms with Crippen LogP contribution in [0.15, 0.2) is 12.4 Å². The van der Waals surface area contributed by atoms with Gasteiger partial charge >= 0.3 is 0 Å². The van der Waals surface area contributed by atoms with Gasteiger partial charge in [0.2, 0.25) is 0 Å². The molecule has 0 bridgehead atoms. The second-order valence-corrected chi connectivity index (χ2v) is 3.81. The molecule has 13 heavy (non-hydrogen) atoms. The lowest BCUT2D eigenvalue weighted by Crippen LogP contribution is -1.88. The van der Waals surface area contributed by atoms with Crippen LogP contribution in [-0.2, 0) is 0 Å². The van der Waals surface area contributed by atoms with Crippen LogP contribution in [0.5, 0.6) is 0 Å². The van der Waals surface area contributed by atoms with Crippen molar-refractivity contribution in [3.05, 3.63) is 33.7 Å². The number of hydrogen-bond donors (Lipinski definition) is 0. The number of imidazole rings is 1. The summed E-state index contributed by atoms with van der Waals surface area (Å²) in [6, 6.07) is 0. The zero-order chi connectivity index (χ0) is 9.59. The molecule has 0 aliphatic carbocycles. The number of halogens is 2. The van der Waals surface area contributed by atoms with Crippen molar-refractivity contribution in [2.45, 2.75) is 13.8 Å². The Hall–Kier alpha value is -0.730. The van der Waals surface area contributed by atoms with E-state index in [4.69, 9.17) is 23.2 Å². The molecule has 2 nitrogen and oxygen atoms in total. The molecule has 0 aliphatic rings. The third-order valence-electron chi connectivity index (χ3n) is 1.99. The molecule has 0 aliphatic heterocycles. The summed E-state index contributed by atoms with van der Waals surface area (Å²) >= 11 is 12.0. The SMILES string of the molecule is Cc1cn2cc(Cl)c(C)c(Cl)c2n1. The zero-order valence-corrected chi connectivity index (χ0v) is 8.82. The molecule has 2 rings (SSSR count). The second-order valence-electron chi connectivity index (χ2n) is 3.03. The summed E-state index contributed by atoms with van der Waals surface area (Å²) in [4.78, 5) is 4.29. The van der Waals surface area contributed by atoms with Crippen molar-refractivity contribution in [3.63, 3.8) is 0 Å². The average Bonchev–Trinajstić information content (AvgIpc) is 2.42. The molecule has 0 N–H and O–H groups in total.